The number of piperidine rings is 1. The second-order valence-corrected chi connectivity index (χ2v) is 7.88. The predicted molar refractivity (Wildman–Crippen MR) is 94.8 cm³/mol. The number of nitrogen functional groups attached to an aromatic ring is 1. The average molecular weight is 393 g/mol. The molecule has 2 fully saturated rings. The molecule has 7 nitrogen and oxygen atoms in total. The number of hydrogen-bond donors (Lipinski definition) is 1. The van der Waals surface area contributed by atoms with Crippen LogP contribution in [0.1, 0.15) is 32.0 Å². The summed E-state index contributed by atoms with van der Waals surface area (Å²) in [5.41, 5.74) is 6.59. The molecule has 2 atom stereocenters. The molecule has 8 heteroatoms. The van der Waals surface area contributed by atoms with Crippen LogP contribution in [0, 0.1) is 0 Å². The van der Waals surface area contributed by atoms with Crippen LogP contribution < -0.4 is 5.73 Å². The van der Waals surface area contributed by atoms with Crippen LogP contribution in [0.2, 0.25) is 0 Å². The topological polar surface area (TPSA) is 79.8 Å². The first-order valence-corrected chi connectivity index (χ1v) is 9.00. The summed E-state index contributed by atoms with van der Waals surface area (Å²) in [6.45, 7) is 3.70. The Bertz CT molecular complexity index is 820. The molecule has 2 saturated heterocycles. The molecule has 2 aromatic heterocycles. The van der Waals surface area contributed by atoms with Gasteiger partial charge in [0.2, 0.25) is 0 Å². The van der Waals surface area contributed by atoms with Gasteiger partial charge in [-0.1, -0.05) is 6.92 Å². The number of nitrogens with zero attached hydrogens (tertiary/aromatic N) is 5. The van der Waals surface area contributed by atoms with Gasteiger partial charge in [-0.25, -0.2) is 14.8 Å². The number of nitrogens with two attached hydrogens (primary N) is 1. The van der Waals surface area contributed by atoms with Crippen molar-refractivity contribution in [2.45, 2.75) is 37.6 Å². The molecule has 24 heavy (non-hydrogen) atoms. The maximum Gasteiger partial charge on any atom is 0.320 e. The minimum absolute atomic E-state index is 0.123. The van der Waals surface area contributed by atoms with Crippen LogP contribution in [0.3, 0.4) is 0 Å². The Balaban J connectivity index is 1.77. The summed E-state index contributed by atoms with van der Waals surface area (Å²) in [4.78, 5) is 25.3. The maximum atomic E-state index is 12.6. The van der Waals surface area contributed by atoms with E-state index in [9.17, 15) is 4.79 Å². The Hall–Kier alpha value is -1.83. The number of hydrogen-bond acceptors (Lipinski definition) is 4. The zero-order chi connectivity index (χ0) is 17.1. The first-order valence-electron chi connectivity index (χ1n) is 8.21. The molecule has 4 heterocycles. The first-order chi connectivity index (χ1) is 11.4. The molecule has 2 amide bonds. The summed E-state index contributed by atoms with van der Waals surface area (Å²) >= 11 is 3.51. The normalized spacial score (nSPS) is 27.6. The van der Waals surface area contributed by atoms with E-state index in [1.165, 1.54) is 0 Å². The van der Waals surface area contributed by atoms with Gasteiger partial charge in [-0.05, 0) is 35.2 Å². The highest BCUT2D eigenvalue weighted by Gasteiger charge is 2.44. The third kappa shape index (κ3) is 2.19. The lowest BCUT2D eigenvalue weighted by molar-refractivity contribution is 0.0593. The third-order valence-electron chi connectivity index (χ3n) is 5.44. The predicted octanol–water partition coefficient (Wildman–Crippen LogP) is 2.25. The van der Waals surface area contributed by atoms with Crippen LogP contribution in [-0.4, -0.2) is 56.4 Å². The Morgan fingerprint density at radius 3 is 3.00 bits per heavy atom. The molecule has 2 aliphatic heterocycles. The fourth-order valence-corrected chi connectivity index (χ4v) is 4.60. The molecular formula is C16H21BrN6O. The van der Waals surface area contributed by atoms with Crippen LogP contribution in [-0.2, 0) is 5.41 Å². The number of fused-ring (bicyclic) bond motifs is 2. The van der Waals surface area contributed by atoms with Gasteiger partial charge in [0.15, 0.2) is 5.82 Å². The first kappa shape index (κ1) is 15.7. The molecule has 0 saturated carbocycles. The van der Waals surface area contributed by atoms with E-state index in [-0.39, 0.29) is 11.4 Å². The van der Waals surface area contributed by atoms with Gasteiger partial charge >= 0.3 is 6.03 Å². The van der Waals surface area contributed by atoms with Crippen LogP contribution in [0.15, 0.2) is 17.0 Å². The second-order valence-electron chi connectivity index (χ2n) is 7.13. The van der Waals surface area contributed by atoms with Crippen LogP contribution in [0.25, 0.3) is 5.52 Å². The van der Waals surface area contributed by atoms with Crippen molar-refractivity contribution in [2.24, 2.45) is 0 Å². The van der Waals surface area contributed by atoms with E-state index in [1.807, 2.05) is 27.4 Å². The monoisotopic (exact) mass is 392 g/mol. The van der Waals surface area contributed by atoms with E-state index in [0.29, 0.717) is 23.0 Å². The van der Waals surface area contributed by atoms with Crippen LogP contribution >= 0.6 is 15.9 Å². The van der Waals surface area contributed by atoms with Gasteiger partial charge in [-0.3, -0.25) is 4.40 Å². The van der Waals surface area contributed by atoms with E-state index in [1.54, 1.807) is 6.20 Å². The van der Waals surface area contributed by atoms with Gasteiger partial charge in [0.1, 0.15) is 15.9 Å². The van der Waals surface area contributed by atoms with Gasteiger partial charge in [0.05, 0.1) is 0 Å². The minimum atomic E-state index is -0.215. The molecule has 0 spiro atoms. The van der Waals surface area contributed by atoms with Crippen molar-refractivity contribution in [1.29, 1.82) is 0 Å². The number of imidazole rings is 1. The zero-order valence-corrected chi connectivity index (χ0v) is 15.5. The van der Waals surface area contributed by atoms with E-state index in [0.717, 1.165) is 37.1 Å². The Kier molecular flexibility index (Phi) is 3.49. The molecule has 128 valence electrons. The smallest absolute Gasteiger partial charge is 0.320 e. The fraction of sp³-hybridized carbons (Fsp3) is 0.562. The molecule has 2 N–H and O–H groups in total. The van der Waals surface area contributed by atoms with E-state index in [2.05, 4.69) is 27.8 Å². The number of amides is 2. The van der Waals surface area contributed by atoms with Crippen LogP contribution in [0.5, 0.6) is 0 Å². The third-order valence-corrected chi connectivity index (χ3v) is 5.99. The van der Waals surface area contributed by atoms with Crippen molar-refractivity contribution < 1.29 is 4.79 Å². The highest BCUT2D eigenvalue weighted by molar-refractivity contribution is 9.10. The average Bonchev–Trinajstić information content (AvgIpc) is 2.91. The number of halogens is 1. The minimum Gasteiger partial charge on any atom is -0.382 e. The highest BCUT2D eigenvalue weighted by atomic mass is 79.9. The van der Waals surface area contributed by atoms with Crippen molar-refractivity contribution in [3.63, 3.8) is 0 Å². The summed E-state index contributed by atoms with van der Waals surface area (Å²) in [5, 5.41) is 0. The van der Waals surface area contributed by atoms with Gasteiger partial charge in [-0.2, -0.15) is 0 Å². The van der Waals surface area contributed by atoms with E-state index < -0.39 is 0 Å². The number of carbonyl (C=O) groups excluding carboxylic acids is 1. The van der Waals surface area contributed by atoms with Crippen molar-refractivity contribution in [3.05, 3.63) is 22.8 Å². The number of carbonyl (C=O) groups is 1. The fourth-order valence-electron chi connectivity index (χ4n) is 4.04. The molecule has 0 bridgehead atoms. The Labute approximate surface area is 149 Å². The summed E-state index contributed by atoms with van der Waals surface area (Å²) in [6.07, 6.45) is 6.62. The van der Waals surface area contributed by atoms with E-state index >= 15 is 0 Å². The van der Waals surface area contributed by atoms with Crippen molar-refractivity contribution in [3.8, 4) is 0 Å². The maximum absolute atomic E-state index is 12.6. The van der Waals surface area contributed by atoms with E-state index in [4.69, 9.17) is 10.7 Å². The number of aromatic nitrogens is 3. The Morgan fingerprint density at radius 2 is 2.21 bits per heavy atom. The summed E-state index contributed by atoms with van der Waals surface area (Å²) < 4.78 is 2.71. The van der Waals surface area contributed by atoms with Gasteiger partial charge in [-0.15, -0.1) is 0 Å². The second kappa shape index (κ2) is 5.34. The van der Waals surface area contributed by atoms with Gasteiger partial charge in [0.25, 0.3) is 0 Å². The Morgan fingerprint density at radius 1 is 1.42 bits per heavy atom. The van der Waals surface area contributed by atoms with Crippen molar-refractivity contribution >= 4 is 33.3 Å². The number of anilines is 1. The summed E-state index contributed by atoms with van der Waals surface area (Å²) in [6, 6.07) is 0.474. The lowest BCUT2D eigenvalue weighted by atomic mass is 9.77. The highest BCUT2D eigenvalue weighted by Crippen LogP contribution is 2.39. The van der Waals surface area contributed by atoms with Crippen molar-refractivity contribution in [2.75, 3.05) is 25.9 Å². The summed E-state index contributed by atoms with van der Waals surface area (Å²) in [7, 11) is 1.87. The van der Waals surface area contributed by atoms with Crippen LogP contribution in [0.4, 0.5) is 10.6 Å². The SMILES string of the molecule is CN1CCC2CCC(C)(c3nc(Br)c4c(N)nccn34)CN2C1=O. The molecule has 2 aromatic rings. The molecule has 0 aliphatic carbocycles. The molecule has 2 aliphatic rings. The molecule has 4 rings (SSSR count). The molecular weight excluding hydrogens is 372 g/mol. The quantitative estimate of drug-likeness (QED) is 0.806. The lowest BCUT2D eigenvalue weighted by Gasteiger charge is -2.48. The zero-order valence-electron chi connectivity index (χ0n) is 13.9. The largest absolute Gasteiger partial charge is 0.382 e. The van der Waals surface area contributed by atoms with Gasteiger partial charge < -0.3 is 15.5 Å². The summed E-state index contributed by atoms with van der Waals surface area (Å²) in [5.74, 6) is 1.38. The lowest BCUT2D eigenvalue weighted by Crippen LogP contribution is -2.59. The molecule has 0 aromatic carbocycles. The standard InChI is InChI=1S/C16H21BrN6O/c1-16(5-3-10-4-7-21(2)15(24)23(10)9-16)14-20-12(17)11-13(18)19-6-8-22(11)14/h6,8,10H,3-5,7,9H2,1-2H3,(H2,18,19). The number of urea groups is 1. The van der Waals surface area contributed by atoms with Crippen molar-refractivity contribution in [1.82, 2.24) is 24.2 Å². The molecule has 2 unspecified atom stereocenters. The van der Waals surface area contributed by atoms with Gasteiger partial charge in [0, 0.05) is 44.0 Å². The number of rotatable bonds is 1. The molecule has 0 radical (unpaired) electrons.